The third-order valence-corrected chi connectivity index (χ3v) is 4.74. The van der Waals surface area contributed by atoms with Gasteiger partial charge in [0, 0.05) is 36.6 Å². The molecule has 1 atom stereocenters. The molecule has 6 heteroatoms. The van der Waals surface area contributed by atoms with E-state index in [1.807, 2.05) is 12.4 Å². The molecule has 0 aromatic carbocycles. The maximum Gasteiger partial charge on any atom is 0.180 e. The number of rotatable bonds is 4. The summed E-state index contributed by atoms with van der Waals surface area (Å²) in [6, 6.07) is 0.419. The van der Waals surface area contributed by atoms with Gasteiger partial charge >= 0.3 is 0 Å². The number of imidazole rings is 1. The molecule has 1 saturated heterocycles. The fraction of sp³-hybridized carbons (Fsp3) is 0.571. The van der Waals surface area contributed by atoms with Crippen molar-refractivity contribution in [1.29, 1.82) is 0 Å². The molecular formula is C14H21N5S. The lowest BCUT2D eigenvalue weighted by Gasteiger charge is -2.35. The first-order chi connectivity index (χ1) is 9.78. The lowest BCUT2D eigenvalue weighted by atomic mass is 10.0. The summed E-state index contributed by atoms with van der Waals surface area (Å²) in [6.07, 6.45) is 9.62. The predicted octanol–water partition coefficient (Wildman–Crippen LogP) is 2.67. The van der Waals surface area contributed by atoms with Crippen LogP contribution in [0.3, 0.4) is 0 Å². The molecule has 0 saturated carbocycles. The lowest BCUT2D eigenvalue weighted by molar-refractivity contribution is 0.132. The third-order valence-electron chi connectivity index (χ3n) is 3.93. The van der Waals surface area contributed by atoms with Crippen molar-refractivity contribution in [2.45, 2.75) is 45.3 Å². The quantitative estimate of drug-likeness (QED) is 0.941. The van der Waals surface area contributed by atoms with Crippen LogP contribution in [0, 0.1) is 0 Å². The molecule has 0 aliphatic carbocycles. The molecule has 3 heterocycles. The van der Waals surface area contributed by atoms with Crippen LogP contribution in [0.1, 0.15) is 42.9 Å². The van der Waals surface area contributed by atoms with Gasteiger partial charge in [-0.2, -0.15) is 0 Å². The number of nitrogens with two attached hydrogens (primary N) is 1. The molecule has 20 heavy (non-hydrogen) atoms. The highest BCUT2D eigenvalue weighted by Crippen LogP contribution is 2.32. The van der Waals surface area contributed by atoms with E-state index < -0.39 is 0 Å². The number of hydrogen-bond acceptors (Lipinski definition) is 5. The molecule has 1 aliphatic heterocycles. The zero-order valence-corrected chi connectivity index (χ0v) is 12.6. The van der Waals surface area contributed by atoms with Crippen LogP contribution >= 0.6 is 11.3 Å². The Kier molecular flexibility index (Phi) is 4.03. The molecule has 0 amide bonds. The Morgan fingerprint density at radius 2 is 2.30 bits per heavy atom. The second-order valence-corrected chi connectivity index (χ2v) is 6.37. The monoisotopic (exact) mass is 291 g/mol. The summed E-state index contributed by atoms with van der Waals surface area (Å²) in [7, 11) is 0. The van der Waals surface area contributed by atoms with Crippen molar-refractivity contribution in [2.24, 2.45) is 0 Å². The fourth-order valence-corrected chi connectivity index (χ4v) is 3.66. The fourth-order valence-electron chi connectivity index (χ4n) is 2.95. The lowest BCUT2D eigenvalue weighted by Crippen LogP contribution is -2.34. The van der Waals surface area contributed by atoms with Crippen LogP contribution in [0.25, 0.3) is 0 Å². The van der Waals surface area contributed by atoms with Crippen molar-refractivity contribution in [3.63, 3.8) is 0 Å². The summed E-state index contributed by atoms with van der Waals surface area (Å²) >= 11 is 1.59. The smallest absolute Gasteiger partial charge is 0.180 e. The van der Waals surface area contributed by atoms with Crippen molar-refractivity contribution >= 4 is 16.5 Å². The first-order valence-corrected chi connectivity index (χ1v) is 8.05. The van der Waals surface area contributed by atoms with E-state index >= 15 is 0 Å². The first kappa shape index (κ1) is 13.6. The van der Waals surface area contributed by atoms with E-state index in [-0.39, 0.29) is 0 Å². The minimum Gasteiger partial charge on any atom is -0.375 e. The molecule has 1 unspecified atom stereocenters. The molecule has 5 nitrogen and oxygen atoms in total. The number of piperidine rings is 1. The minimum atomic E-state index is 0.419. The van der Waals surface area contributed by atoms with Gasteiger partial charge in [-0.25, -0.2) is 9.97 Å². The van der Waals surface area contributed by atoms with Gasteiger partial charge in [0.25, 0.3) is 0 Å². The number of nitrogen functional groups attached to an aromatic ring is 1. The molecule has 2 aromatic rings. The summed E-state index contributed by atoms with van der Waals surface area (Å²) < 4.78 is 2.25. The number of hydrogen-bond donors (Lipinski definition) is 1. The molecular weight excluding hydrogens is 270 g/mol. The van der Waals surface area contributed by atoms with Crippen LogP contribution in [-0.4, -0.2) is 26.0 Å². The summed E-state index contributed by atoms with van der Waals surface area (Å²) in [6.45, 7) is 5.20. The zero-order valence-electron chi connectivity index (χ0n) is 11.8. The molecule has 2 N–H and O–H groups in total. The number of aromatic nitrogens is 3. The second-order valence-electron chi connectivity index (χ2n) is 5.22. The summed E-state index contributed by atoms with van der Waals surface area (Å²) in [5.41, 5.74) is 5.73. The van der Waals surface area contributed by atoms with E-state index in [4.69, 9.17) is 5.73 Å². The Bertz CT molecular complexity index is 561. The SMILES string of the molecule is CCn1ccnc1C1CCCCN1Cc1cnc(N)s1. The van der Waals surface area contributed by atoms with Gasteiger partial charge < -0.3 is 10.3 Å². The Morgan fingerprint density at radius 1 is 1.40 bits per heavy atom. The van der Waals surface area contributed by atoms with Crippen molar-refractivity contribution in [1.82, 2.24) is 19.4 Å². The Labute approximate surface area is 123 Å². The number of thiazole rings is 1. The average Bonchev–Trinajstić information content (AvgIpc) is 3.08. The molecule has 0 spiro atoms. The predicted molar refractivity (Wildman–Crippen MR) is 81.4 cm³/mol. The van der Waals surface area contributed by atoms with Crippen LogP contribution in [0.5, 0.6) is 0 Å². The second kappa shape index (κ2) is 5.93. The third kappa shape index (κ3) is 2.71. The van der Waals surface area contributed by atoms with Gasteiger partial charge in [-0.1, -0.05) is 6.42 Å². The van der Waals surface area contributed by atoms with Gasteiger partial charge in [-0.15, -0.1) is 11.3 Å². The van der Waals surface area contributed by atoms with Gasteiger partial charge in [0.05, 0.1) is 6.04 Å². The number of anilines is 1. The average molecular weight is 291 g/mol. The Morgan fingerprint density at radius 3 is 3.05 bits per heavy atom. The van der Waals surface area contributed by atoms with Crippen LogP contribution in [0.4, 0.5) is 5.13 Å². The molecule has 2 aromatic heterocycles. The van der Waals surface area contributed by atoms with Crippen LogP contribution in [0.15, 0.2) is 18.6 Å². The van der Waals surface area contributed by atoms with E-state index in [1.54, 1.807) is 11.3 Å². The first-order valence-electron chi connectivity index (χ1n) is 7.23. The molecule has 1 aliphatic rings. The van der Waals surface area contributed by atoms with Gasteiger partial charge in [-0.3, -0.25) is 4.90 Å². The van der Waals surface area contributed by atoms with Gasteiger partial charge in [0.2, 0.25) is 0 Å². The maximum absolute atomic E-state index is 5.73. The van der Waals surface area contributed by atoms with E-state index in [2.05, 4.69) is 32.6 Å². The van der Waals surface area contributed by atoms with Crippen LogP contribution in [0.2, 0.25) is 0 Å². The van der Waals surface area contributed by atoms with Gasteiger partial charge in [0.15, 0.2) is 5.13 Å². The van der Waals surface area contributed by atoms with E-state index in [0.717, 1.165) is 19.6 Å². The molecule has 0 radical (unpaired) electrons. The minimum absolute atomic E-state index is 0.419. The molecule has 1 fully saturated rings. The van der Waals surface area contributed by atoms with Crippen LogP contribution in [-0.2, 0) is 13.1 Å². The standard InChI is InChI=1S/C14H21N5S/c1-2-18-8-6-16-13(18)12-5-3-4-7-19(12)10-11-9-17-14(15)20-11/h6,8-9,12H,2-5,7,10H2,1H3,(H2,15,17). The van der Waals surface area contributed by atoms with Crippen molar-refractivity contribution < 1.29 is 0 Å². The van der Waals surface area contributed by atoms with E-state index in [0.29, 0.717) is 11.2 Å². The number of likely N-dealkylation sites (tertiary alicyclic amines) is 1. The Balaban J connectivity index is 1.80. The summed E-state index contributed by atoms with van der Waals surface area (Å²) in [5.74, 6) is 1.20. The molecule has 108 valence electrons. The van der Waals surface area contributed by atoms with E-state index in [1.165, 1.54) is 30.0 Å². The normalized spacial score (nSPS) is 20.4. The van der Waals surface area contributed by atoms with Crippen LogP contribution < -0.4 is 5.73 Å². The summed E-state index contributed by atoms with van der Waals surface area (Å²) in [5, 5.41) is 0.656. The van der Waals surface area contributed by atoms with Gasteiger partial charge in [0.1, 0.15) is 5.82 Å². The zero-order chi connectivity index (χ0) is 13.9. The topological polar surface area (TPSA) is 60.0 Å². The van der Waals surface area contributed by atoms with Gasteiger partial charge in [-0.05, 0) is 26.3 Å². The highest BCUT2D eigenvalue weighted by atomic mass is 32.1. The largest absolute Gasteiger partial charge is 0.375 e. The Hall–Kier alpha value is -1.40. The number of aryl methyl sites for hydroxylation is 1. The maximum atomic E-state index is 5.73. The highest BCUT2D eigenvalue weighted by molar-refractivity contribution is 7.15. The molecule has 0 bridgehead atoms. The van der Waals surface area contributed by atoms with Crippen molar-refractivity contribution in [2.75, 3.05) is 12.3 Å². The van der Waals surface area contributed by atoms with E-state index in [9.17, 15) is 0 Å². The summed E-state index contributed by atoms with van der Waals surface area (Å²) in [4.78, 5) is 12.5. The number of nitrogens with zero attached hydrogens (tertiary/aromatic N) is 4. The van der Waals surface area contributed by atoms with Crippen molar-refractivity contribution in [3.8, 4) is 0 Å². The highest BCUT2D eigenvalue weighted by Gasteiger charge is 2.27. The van der Waals surface area contributed by atoms with Crippen molar-refractivity contribution in [3.05, 3.63) is 29.3 Å². The molecule has 3 rings (SSSR count).